The Balaban J connectivity index is 2.31. The van der Waals surface area contributed by atoms with Crippen LogP contribution in [0, 0.1) is 0 Å². The van der Waals surface area contributed by atoms with Gasteiger partial charge in [0.25, 0.3) is 0 Å². The van der Waals surface area contributed by atoms with Crippen LogP contribution >= 0.6 is 0 Å². The first-order valence-electron chi connectivity index (χ1n) is 5.57. The van der Waals surface area contributed by atoms with E-state index in [0.717, 1.165) is 5.56 Å². The minimum atomic E-state index is -1.35. The molecule has 1 unspecified atom stereocenters. The molecule has 1 aromatic rings. The average molecular weight is 251 g/mol. The zero-order valence-electron chi connectivity index (χ0n) is 9.93. The summed E-state index contributed by atoms with van der Waals surface area (Å²) < 4.78 is 0. The van der Waals surface area contributed by atoms with Crippen LogP contribution in [-0.4, -0.2) is 29.6 Å². The standard InChI is InChI=1S/C12H17N3O3/c13-9-3-1-2-8(6-9)4-5-11(17)15-7-10(16)12(14)18/h1-3,6,10,16H,4-5,7,13H2,(H2,14,18)(H,15,17). The summed E-state index contributed by atoms with van der Waals surface area (Å²) in [5.74, 6) is -1.11. The summed E-state index contributed by atoms with van der Waals surface area (Å²) in [6.07, 6.45) is -0.542. The number of benzene rings is 1. The van der Waals surface area contributed by atoms with Gasteiger partial charge in [-0.2, -0.15) is 0 Å². The van der Waals surface area contributed by atoms with E-state index in [0.29, 0.717) is 12.1 Å². The highest BCUT2D eigenvalue weighted by molar-refractivity contribution is 5.81. The van der Waals surface area contributed by atoms with E-state index in [1.807, 2.05) is 12.1 Å². The molecule has 6 N–H and O–H groups in total. The average Bonchev–Trinajstić information content (AvgIpc) is 2.33. The lowest BCUT2D eigenvalue weighted by Crippen LogP contribution is -2.40. The maximum atomic E-state index is 11.4. The van der Waals surface area contributed by atoms with Crippen molar-refractivity contribution in [1.82, 2.24) is 5.32 Å². The molecule has 1 rings (SSSR count). The highest BCUT2D eigenvalue weighted by Crippen LogP contribution is 2.08. The van der Waals surface area contributed by atoms with Crippen molar-refractivity contribution < 1.29 is 14.7 Å². The molecule has 0 aromatic heterocycles. The van der Waals surface area contributed by atoms with Crippen molar-refractivity contribution in [2.24, 2.45) is 5.73 Å². The molecule has 0 aliphatic carbocycles. The number of primary amides is 1. The minimum absolute atomic E-state index is 0.162. The van der Waals surface area contributed by atoms with Gasteiger partial charge in [0.15, 0.2) is 0 Å². The Bertz CT molecular complexity index is 434. The summed E-state index contributed by atoms with van der Waals surface area (Å²) in [4.78, 5) is 22.0. The molecule has 6 heteroatoms. The Kier molecular flexibility index (Phi) is 5.13. The number of nitrogen functional groups attached to an aromatic ring is 1. The van der Waals surface area contributed by atoms with Crippen molar-refractivity contribution >= 4 is 17.5 Å². The lowest BCUT2D eigenvalue weighted by molar-refractivity contribution is -0.127. The number of nitrogens with two attached hydrogens (primary N) is 2. The van der Waals surface area contributed by atoms with Crippen LogP contribution in [0.5, 0.6) is 0 Å². The largest absolute Gasteiger partial charge is 0.399 e. The van der Waals surface area contributed by atoms with Crippen molar-refractivity contribution in [3.8, 4) is 0 Å². The second-order valence-corrected chi connectivity index (χ2v) is 3.97. The van der Waals surface area contributed by atoms with Gasteiger partial charge in [-0.15, -0.1) is 0 Å². The van der Waals surface area contributed by atoms with Crippen LogP contribution in [0.1, 0.15) is 12.0 Å². The van der Waals surface area contributed by atoms with Crippen molar-refractivity contribution in [1.29, 1.82) is 0 Å². The van der Waals surface area contributed by atoms with E-state index in [2.05, 4.69) is 5.32 Å². The quantitative estimate of drug-likeness (QED) is 0.493. The van der Waals surface area contributed by atoms with Crippen LogP contribution in [0.15, 0.2) is 24.3 Å². The van der Waals surface area contributed by atoms with Crippen molar-refractivity contribution in [2.45, 2.75) is 18.9 Å². The maximum Gasteiger partial charge on any atom is 0.248 e. The van der Waals surface area contributed by atoms with E-state index in [4.69, 9.17) is 16.6 Å². The minimum Gasteiger partial charge on any atom is -0.399 e. The second kappa shape index (κ2) is 6.61. The number of carbonyl (C=O) groups excluding carboxylic acids is 2. The first kappa shape index (κ1) is 14.0. The molecule has 0 radical (unpaired) electrons. The number of rotatable bonds is 6. The van der Waals surface area contributed by atoms with Gasteiger partial charge in [-0.1, -0.05) is 12.1 Å². The SMILES string of the molecule is NC(=O)C(O)CNC(=O)CCc1cccc(N)c1. The predicted octanol–water partition coefficient (Wildman–Crippen LogP) is -0.836. The molecule has 0 bridgehead atoms. The molecule has 0 saturated heterocycles. The van der Waals surface area contributed by atoms with Crippen molar-refractivity contribution in [3.63, 3.8) is 0 Å². The summed E-state index contributed by atoms with van der Waals surface area (Å²) in [5, 5.41) is 11.5. The molecule has 98 valence electrons. The number of hydrogen-bond acceptors (Lipinski definition) is 4. The lowest BCUT2D eigenvalue weighted by atomic mass is 10.1. The molecular weight excluding hydrogens is 234 g/mol. The Morgan fingerprint density at radius 2 is 2.11 bits per heavy atom. The summed E-state index contributed by atoms with van der Waals surface area (Å²) in [7, 11) is 0. The third-order valence-corrected chi connectivity index (χ3v) is 2.41. The van der Waals surface area contributed by atoms with Gasteiger partial charge in [0.2, 0.25) is 11.8 Å². The predicted molar refractivity (Wildman–Crippen MR) is 67.4 cm³/mol. The van der Waals surface area contributed by atoms with E-state index in [1.54, 1.807) is 12.1 Å². The van der Waals surface area contributed by atoms with E-state index < -0.39 is 12.0 Å². The van der Waals surface area contributed by atoms with Crippen molar-refractivity contribution in [2.75, 3.05) is 12.3 Å². The monoisotopic (exact) mass is 251 g/mol. The highest BCUT2D eigenvalue weighted by Gasteiger charge is 2.11. The molecule has 0 saturated carbocycles. The number of nitrogens with one attached hydrogen (secondary N) is 1. The fourth-order valence-corrected chi connectivity index (χ4v) is 1.41. The summed E-state index contributed by atoms with van der Waals surface area (Å²) >= 11 is 0. The van der Waals surface area contributed by atoms with Gasteiger partial charge in [-0.25, -0.2) is 0 Å². The molecule has 18 heavy (non-hydrogen) atoms. The van der Waals surface area contributed by atoms with E-state index in [1.165, 1.54) is 0 Å². The van der Waals surface area contributed by atoms with Crippen LogP contribution in [0.25, 0.3) is 0 Å². The first-order valence-corrected chi connectivity index (χ1v) is 5.57. The third kappa shape index (κ3) is 4.84. The smallest absolute Gasteiger partial charge is 0.248 e. The Hall–Kier alpha value is -2.08. The molecule has 0 heterocycles. The lowest BCUT2D eigenvalue weighted by Gasteiger charge is -2.08. The summed E-state index contributed by atoms with van der Waals surface area (Å²) in [5.41, 5.74) is 12.1. The molecule has 0 aliphatic rings. The first-order chi connectivity index (χ1) is 8.49. The van der Waals surface area contributed by atoms with E-state index in [9.17, 15) is 9.59 Å². The van der Waals surface area contributed by atoms with Crippen molar-refractivity contribution in [3.05, 3.63) is 29.8 Å². The van der Waals surface area contributed by atoms with Gasteiger partial charge in [-0.05, 0) is 24.1 Å². The number of amides is 2. The molecule has 0 fully saturated rings. The number of aliphatic hydroxyl groups is 1. The Morgan fingerprint density at radius 1 is 1.39 bits per heavy atom. The van der Waals surface area contributed by atoms with Gasteiger partial charge >= 0.3 is 0 Å². The Labute approximate surface area is 105 Å². The fraction of sp³-hybridized carbons (Fsp3) is 0.333. The van der Waals surface area contributed by atoms with Gasteiger partial charge in [0.1, 0.15) is 6.10 Å². The van der Waals surface area contributed by atoms with Gasteiger partial charge in [0.05, 0.1) is 6.54 Å². The third-order valence-electron chi connectivity index (χ3n) is 2.41. The zero-order valence-corrected chi connectivity index (χ0v) is 9.93. The van der Waals surface area contributed by atoms with Crippen LogP contribution in [0.3, 0.4) is 0 Å². The van der Waals surface area contributed by atoms with Gasteiger partial charge in [-0.3, -0.25) is 9.59 Å². The molecule has 0 spiro atoms. The maximum absolute atomic E-state index is 11.4. The molecule has 0 aliphatic heterocycles. The number of aryl methyl sites for hydroxylation is 1. The normalized spacial score (nSPS) is 11.8. The number of aliphatic hydroxyl groups excluding tert-OH is 1. The molecule has 1 aromatic carbocycles. The zero-order chi connectivity index (χ0) is 13.5. The van der Waals surface area contributed by atoms with E-state index in [-0.39, 0.29) is 18.9 Å². The molecular formula is C12H17N3O3. The number of anilines is 1. The summed E-state index contributed by atoms with van der Waals surface area (Å²) in [6, 6.07) is 7.26. The van der Waals surface area contributed by atoms with Gasteiger partial charge in [0, 0.05) is 12.1 Å². The highest BCUT2D eigenvalue weighted by atomic mass is 16.3. The van der Waals surface area contributed by atoms with Crippen LogP contribution < -0.4 is 16.8 Å². The topological polar surface area (TPSA) is 118 Å². The fourth-order valence-electron chi connectivity index (χ4n) is 1.41. The Morgan fingerprint density at radius 3 is 2.72 bits per heavy atom. The molecule has 2 amide bonds. The van der Waals surface area contributed by atoms with Crippen LogP contribution in [0.2, 0.25) is 0 Å². The summed E-state index contributed by atoms with van der Waals surface area (Å²) in [6.45, 7) is -0.162. The number of carbonyl (C=O) groups is 2. The second-order valence-electron chi connectivity index (χ2n) is 3.97. The molecule has 1 atom stereocenters. The van der Waals surface area contributed by atoms with E-state index >= 15 is 0 Å². The molecule has 6 nitrogen and oxygen atoms in total. The van der Waals surface area contributed by atoms with Crippen LogP contribution in [-0.2, 0) is 16.0 Å². The number of hydrogen-bond donors (Lipinski definition) is 4. The van der Waals surface area contributed by atoms with Gasteiger partial charge < -0.3 is 21.9 Å². The van der Waals surface area contributed by atoms with Crippen LogP contribution in [0.4, 0.5) is 5.69 Å².